The number of hydrogen-bond donors (Lipinski definition) is 0. The summed E-state index contributed by atoms with van der Waals surface area (Å²) in [6, 6.07) is 0. The van der Waals surface area contributed by atoms with Crippen LogP contribution in [0.25, 0.3) is 0 Å². The van der Waals surface area contributed by atoms with Crippen molar-refractivity contribution in [2.24, 2.45) is 17.8 Å². The lowest BCUT2D eigenvalue weighted by molar-refractivity contribution is 0.112. The van der Waals surface area contributed by atoms with Crippen molar-refractivity contribution in [3.05, 3.63) is 16.5 Å². The predicted octanol–water partition coefficient (Wildman–Crippen LogP) is 3.12. The van der Waals surface area contributed by atoms with Gasteiger partial charge in [-0.1, -0.05) is 18.0 Å². The van der Waals surface area contributed by atoms with E-state index in [1.54, 1.807) is 6.92 Å². The summed E-state index contributed by atoms with van der Waals surface area (Å²) in [6.45, 7) is 2.75. The van der Waals surface area contributed by atoms with E-state index in [9.17, 15) is 4.79 Å². The summed E-state index contributed by atoms with van der Waals surface area (Å²) >= 11 is 6.05. The van der Waals surface area contributed by atoms with Crippen molar-refractivity contribution in [2.75, 3.05) is 18.5 Å². The molecule has 0 amide bonds. The molecule has 2 aliphatic rings. The number of nitrogens with zero attached hydrogens (tertiary/aromatic N) is 3. The Morgan fingerprint density at radius 2 is 2.15 bits per heavy atom. The fourth-order valence-corrected chi connectivity index (χ4v) is 4.22. The maximum Gasteiger partial charge on any atom is 0.156 e. The molecule has 3 rings (SSSR count). The highest BCUT2D eigenvalue weighted by Crippen LogP contribution is 2.48. The third kappa shape index (κ3) is 2.41. The number of fused-ring (bicyclic) bond motifs is 2. The van der Waals surface area contributed by atoms with Crippen molar-refractivity contribution in [3.63, 3.8) is 0 Å². The largest absolute Gasteiger partial charge is 0.359 e. The van der Waals surface area contributed by atoms with E-state index in [4.69, 9.17) is 11.6 Å². The van der Waals surface area contributed by atoms with E-state index in [0.717, 1.165) is 30.6 Å². The van der Waals surface area contributed by atoms with Crippen molar-refractivity contribution in [3.8, 4) is 0 Å². The molecule has 0 radical (unpaired) electrons. The van der Waals surface area contributed by atoms with Gasteiger partial charge < -0.3 is 4.90 Å². The van der Waals surface area contributed by atoms with E-state index in [2.05, 4.69) is 14.9 Å². The SMILES string of the molecule is Cc1nc(Cl)c(C=O)c(N(C)CC2CC3CCC2C3)n1. The van der Waals surface area contributed by atoms with Gasteiger partial charge in [-0.05, 0) is 43.9 Å². The molecule has 0 aliphatic heterocycles. The minimum atomic E-state index is 0.252. The van der Waals surface area contributed by atoms with Gasteiger partial charge in [0.2, 0.25) is 0 Å². The molecule has 1 heterocycles. The Balaban J connectivity index is 1.80. The van der Waals surface area contributed by atoms with Crippen LogP contribution in [-0.4, -0.2) is 29.8 Å². The van der Waals surface area contributed by atoms with E-state index in [-0.39, 0.29) is 5.15 Å². The summed E-state index contributed by atoms with van der Waals surface area (Å²) in [7, 11) is 2.00. The molecule has 2 bridgehead atoms. The zero-order valence-corrected chi connectivity index (χ0v) is 12.7. The molecule has 4 nitrogen and oxygen atoms in total. The Labute approximate surface area is 124 Å². The quantitative estimate of drug-likeness (QED) is 0.632. The van der Waals surface area contributed by atoms with E-state index >= 15 is 0 Å². The standard InChI is InChI=1S/C15H20ClN3O/c1-9-17-14(16)13(8-20)15(18-9)19(2)7-12-6-10-3-4-11(12)5-10/h8,10-12H,3-7H2,1-2H3. The van der Waals surface area contributed by atoms with Crippen molar-refractivity contribution >= 4 is 23.7 Å². The predicted molar refractivity (Wildman–Crippen MR) is 79.4 cm³/mol. The Morgan fingerprint density at radius 3 is 2.75 bits per heavy atom. The monoisotopic (exact) mass is 293 g/mol. The van der Waals surface area contributed by atoms with Gasteiger partial charge in [-0.2, -0.15) is 0 Å². The molecule has 108 valence electrons. The molecule has 0 N–H and O–H groups in total. The third-order valence-electron chi connectivity index (χ3n) is 4.86. The Kier molecular flexibility index (Phi) is 3.67. The number of carbonyl (C=O) groups is 1. The minimum absolute atomic E-state index is 0.252. The summed E-state index contributed by atoms with van der Waals surface area (Å²) in [6.07, 6.45) is 6.25. The zero-order valence-electron chi connectivity index (χ0n) is 12.0. The molecule has 3 atom stereocenters. The number of rotatable bonds is 4. The summed E-state index contributed by atoms with van der Waals surface area (Å²) in [4.78, 5) is 21.8. The van der Waals surface area contributed by atoms with E-state index < -0.39 is 0 Å². The second-order valence-electron chi connectivity index (χ2n) is 6.23. The maximum atomic E-state index is 11.2. The van der Waals surface area contributed by atoms with Crippen molar-refractivity contribution in [1.29, 1.82) is 0 Å². The van der Waals surface area contributed by atoms with Crippen molar-refractivity contribution in [2.45, 2.75) is 32.6 Å². The lowest BCUT2D eigenvalue weighted by Crippen LogP contribution is -2.30. The second kappa shape index (κ2) is 5.32. The van der Waals surface area contributed by atoms with E-state index in [1.165, 1.54) is 25.7 Å². The summed E-state index contributed by atoms with van der Waals surface area (Å²) in [5, 5.41) is 0.252. The molecule has 2 fully saturated rings. The molecular weight excluding hydrogens is 274 g/mol. The van der Waals surface area contributed by atoms with Gasteiger partial charge in [0.15, 0.2) is 6.29 Å². The van der Waals surface area contributed by atoms with Gasteiger partial charge in [-0.25, -0.2) is 9.97 Å². The van der Waals surface area contributed by atoms with Crippen LogP contribution in [0, 0.1) is 24.7 Å². The smallest absolute Gasteiger partial charge is 0.156 e. The number of aromatic nitrogens is 2. The molecule has 2 aliphatic carbocycles. The van der Waals surface area contributed by atoms with Crippen molar-refractivity contribution < 1.29 is 4.79 Å². The number of carbonyl (C=O) groups excluding carboxylic acids is 1. The second-order valence-corrected chi connectivity index (χ2v) is 6.59. The summed E-state index contributed by atoms with van der Waals surface area (Å²) in [5.74, 6) is 3.79. The highest BCUT2D eigenvalue weighted by Gasteiger charge is 2.39. The van der Waals surface area contributed by atoms with Gasteiger partial charge in [-0.15, -0.1) is 0 Å². The molecule has 1 aromatic heterocycles. The molecule has 3 unspecified atom stereocenters. The Hall–Kier alpha value is -1.16. The number of halogens is 1. The van der Waals surface area contributed by atoms with Crippen LogP contribution in [0.4, 0.5) is 5.82 Å². The van der Waals surface area contributed by atoms with Crippen LogP contribution in [0.5, 0.6) is 0 Å². The summed E-state index contributed by atoms with van der Waals surface area (Å²) in [5.41, 5.74) is 0.405. The van der Waals surface area contributed by atoms with Crippen LogP contribution < -0.4 is 4.90 Å². The van der Waals surface area contributed by atoms with Crippen LogP contribution in [0.2, 0.25) is 5.15 Å². The van der Waals surface area contributed by atoms with Crippen LogP contribution in [0.15, 0.2) is 0 Å². The molecule has 1 aromatic rings. The highest BCUT2D eigenvalue weighted by atomic mass is 35.5. The molecule has 5 heteroatoms. The minimum Gasteiger partial charge on any atom is -0.359 e. The lowest BCUT2D eigenvalue weighted by atomic mass is 9.88. The average molecular weight is 294 g/mol. The normalized spacial score (nSPS) is 27.9. The fourth-order valence-electron chi connectivity index (χ4n) is 3.96. The van der Waals surface area contributed by atoms with E-state index in [0.29, 0.717) is 17.2 Å². The van der Waals surface area contributed by atoms with Crippen LogP contribution in [0.1, 0.15) is 41.9 Å². The topological polar surface area (TPSA) is 46.1 Å². The van der Waals surface area contributed by atoms with Crippen molar-refractivity contribution in [1.82, 2.24) is 9.97 Å². The number of anilines is 1. The first-order valence-corrected chi connectivity index (χ1v) is 7.66. The van der Waals surface area contributed by atoms with Gasteiger partial charge in [-0.3, -0.25) is 4.79 Å². The lowest BCUT2D eigenvalue weighted by Gasteiger charge is -2.28. The van der Waals surface area contributed by atoms with Gasteiger partial charge in [0.05, 0.1) is 5.56 Å². The first-order valence-electron chi connectivity index (χ1n) is 7.29. The van der Waals surface area contributed by atoms with Gasteiger partial charge in [0.25, 0.3) is 0 Å². The maximum absolute atomic E-state index is 11.2. The molecule has 20 heavy (non-hydrogen) atoms. The third-order valence-corrected chi connectivity index (χ3v) is 5.15. The van der Waals surface area contributed by atoms with Crippen LogP contribution in [0.3, 0.4) is 0 Å². The number of hydrogen-bond acceptors (Lipinski definition) is 4. The highest BCUT2D eigenvalue weighted by molar-refractivity contribution is 6.32. The van der Waals surface area contributed by atoms with Gasteiger partial charge in [0, 0.05) is 13.6 Å². The van der Waals surface area contributed by atoms with Gasteiger partial charge >= 0.3 is 0 Å². The number of aldehydes is 1. The van der Waals surface area contributed by atoms with Crippen LogP contribution >= 0.6 is 11.6 Å². The molecular formula is C15H20ClN3O. The number of aryl methyl sites for hydroxylation is 1. The average Bonchev–Trinajstić information content (AvgIpc) is 3.00. The molecule has 2 saturated carbocycles. The molecule has 0 spiro atoms. The molecule has 0 aromatic carbocycles. The first-order chi connectivity index (χ1) is 9.58. The first kappa shape index (κ1) is 13.8. The Bertz CT molecular complexity index is 534. The van der Waals surface area contributed by atoms with Gasteiger partial charge in [0.1, 0.15) is 16.8 Å². The van der Waals surface area contributed by atoms with E-state index in [1.807, 2.05) is 7.05 Å². The summed E-state index contributed by atoms with van der Waals surface area (Å²) < 4.78 is 0. The fraction of sp³-hybridized carbons (Fsp3) is 0.667. The zero-order chi connectivity index (χ0) is 14.3. The van der Waals surface area contributed by atoms with Crippen LogP contribution in [-0.2, 0) is 0 Å². The Morgan fingerprint density at radius 1 is 1.35 bits per heavy atom. The molecule has 0 saturated heterocycles.